The van der Waals surface area contributed by atoms with E-state index in [2.05, 4.69) is 28.9 Å². The Kier molecular flexibility index (Phi) is 4.83. The zero-order valence-electron chi connectivity index (χ0n) is 8.74. The molecule has 3 nitrogen and oxygen atoms in total. The van der Waals surface area contributed by atoms with E-state index in [1.807, 2.05) is 12.3 Å². The molecular formula is C11H17N3. The first-order valence-corrected chi connectivity index (χ1v) is 5.15. The van der Waals surface area contributed by atoms with Gasteiger partial charge >= 0.3 is 0 Å². The summed E-state index contributed by atoms with van der Waals surface area (Å²) in [5.41, 5.74) is 2.24. The summed E-state index contributed by atoms with van der Waals surface area (Å²) in [6.07, 6.45) is 9.22. The fraction of sp³-hybridized carbons (Fsp3) is 0.545. The number of aryl methyl sites for hydroxylation is 1. The van der Waals surface area contributed by atoms with E-state index in [0.717, 1.165) is 18.5 Å². The highest BCUT2D eigenvalue weighted by Crippen LogP contribution is 2.09. The maximum Gasteiger partial charge on any atom is 0.0734 e. The van der Waals surface area contributed by atoms with Gasteiger partial charge in [0.15, 0.2) is 0 Å². The number of hydrogen-bond acceptors (Lipinski definition) is 3. The predicted molar refractivity (Wildman–Crippen MR) is 57.0 cm³/mol. The molecule has 0 aliphatic heterocycles. The molecule has 0 aliphatic carbocycles. The molecule has 1 aromatic rings. The van der Waals surface area contributed by atoms with Gasteiger partial charge < -0.3 is 0 Å². The lowest BCUT2D eigenvalue weighted by atomic mass is 10.1. The van der Waals surface area contributed by atoms with E-state index in [4.69, 9.17) is 0 Å². The summed E-state index contributed by atoms with van der Waals surface area (Å²) in [4.78, 5) is 0. The van der Waals surface area contributed by atoms with Crippen LogP contribution in [0.1, 0.15) is 37.4 Å². The smallest absolute Gasteiger partial charge is 0.0734 e. The van der Waals surface area contributed by atoms with Gasteiger partial charge in [-0.05, 0) is 23.6 Å². The van der Waals surface area contributed by atoms with Crippen molar-refractivity contribution >= 4 is 0 Å². The van der Waals surface area contributed by atoms with Crippen LogP contribution in [-0.4, -0.2) is 15.4 Å². The summed E-state index contributed by atoms with van der Waals surface area (Å²) in [6, 6.07) is 0. The molecule has 0 atom stereocenters. The lowest BCUT2D eigenvalue weighted by molar-refractivity contribution is 0.697. The SMILES string of the molecule is C=CCc1nnncc1CCCCC. The van der Waals surface area contributed by atoms with Gasteiger partial charge in [0.05, 0.1) is 11.9 Å². The molecule has 1 rings (SSSR count). The monoisotopic (exact) mass is 191 g/mol. The van der Waals surface area contributed by atoms with E-state index in [1.165, 1.54) is 24.8 Å². The van der Waals surface area contributed by atoms with Gasteiger partial charge in [-0.25, -0.2) is 0 Å². The number of rotatable bonds is 6. The molecular weight excluding hydrogens is 174 g/mol. The average molecular weight is 191 g/mol. The first kappa shape index (κ1) is 10.8. The molecule has 3 heteroatoms. The van der Waals surface area contributed by atoms with Crippen molar-refractivity contribution in [3.8, 4) is 0 Å². The zero-order chi connectivity index (χ0) is 10.2. The normalized spacial score (nSPS) is 10.1. The van der Waals surface area contributed by atoms with E-state index in [0.29, 0.717) is 0 Å². The Hall–Kier alpha value is -1.25. The number of allylic oxidation sites excluding steroid dienone is 1. The van der Waals surface area contributed by atoms with Crippen LogP contribution >= 0.6 is 0 Å². The molecule has 14 heavy (non-hydrogen) atoms. The lowest BCUT2D eigenvalue weighted by Crippen LogP contribution is -2.01. The van der Waals surface area contributed by atoms with Crippen molar-refractivity contribution in [1.82, 2.24) is 15.4 Å². The van der Waals surface area contributed by atoms with Crippen molar-refractivity contribution in [1.29, 1.82) is 0 Å². The third-order valence-corrected chi connectivity index (χ3v) is 2.19. The third-order valence-electron chi connectivity index (χ3n) is 2.19. The van der Waals surface area contributed by atoms with E-state index in [9.17, 15) is 0 Å². The van der Waals surface area contributed by atoms with Gasteiger partial charge in [-0.3, -0.25) is 0 Å². The molecule has 0 bridgehead atoms. The molecule has 0 saturated heterocycles. The summed E-state index contributed by atoms with van der Waals surface area (Å²) in [7, 11) is 0. The molecule has 76 valence electrons. The fourth-order valence-corrected chi connectivity index (χ4v) is 1.40. The Labute approximate surface area is 85.3 Å². The molecule has 0 spiro atoms. The predicted octanol–water partition coefficient (Wildman–Crippen LogP) is 2.33. The van der Waals surface area contributed by atoms with Gasteiger partial charge in [0, 0.05) is 6.42 Å². The molecule has 0 radical (unpaired) electrons. The summed E-state index contributed by atoms with van der Waals surface area (Å²) in [5.74, 6) is 0. The second kappa shape index (κ2) is 6.24. The van der Waals surface area contributed by atoms with Crippen LogP contribution in [0, 0.1) is 0 Å². The van der Waals surface area contributed by atoms with Crippen molar-refractivity contribution in [2.75, 3.05) is 0 Å². The van der Waals surface area contributed by atoms with Crippen LogP contribution in [0.2, 0.25) is 0 Å². The Morgan fingerprint density at radius 3 is 3.00 bits per heavy atom. The van der Waals surface area contributed by atoms with E-state index in [1.54, 1.807) is 0 Å². The van der Waals surface area contributed by atoms with Crippen LogP contribution in [0.3, 0.4) is 0 Å². The van der Waals surface area contributed by atoms with Gasteiger partial charge in [0.2, 0.25) is 0 Å². The van der Waals surface area contributed by atoms with Gasteiger partial charge in [0.1, 0.15) is 0 Å². The first-order chi connectivity index (χ1) is 6.88. The average Bonchev–Trinajstić information content (AvgIpc) is 2.21. The molecule has 1 aromatic heterocycles. The van der Waals surface area contributed by atoms with Crippen molar-refractivity contribution in [3.63, 3.8) is 0 Å². The molecule has 1 heterocycles. The second-order valence-electron chi connectivity index (χ2n) is 3.36. The van der Waals surface area contributed by atoms with E-state index >= 15 is 0 Å². The van der Waals surface area contributed by atoms with Crippen LogP contribution in [0.5, 0.6) is 0 Å². The Bertz CT molecular complexity index is 284. The van der Waals surface area contributed by atoms with Crippen molar-refractivity contribution < 1.29 is 0 Å². The second-order valence-corrected chi connectivity index (χ2v) is 3.36. The third kappa shape index (κ3) is 3.24. The highest BCUT2D eigenvalue weighted by atomic mass is 15.3. The standard InChI is InChI=1S/C11H17N3/c1-3-5-6-8-10-9-12-14-13-11(10)7-4-2/h4,9H,2-3,5-8H2,1H3. The van der Waals surface area contributed by atoms with Gasteiger partial charge in [-0.15, -0.1) is 16.8 Å². The number of aromatic nitrogens is 3. The van der Waals surface area contributed by atoms with Gasteiger partial charge in [0.25, 0.3) is 0 Å². The lowest BCUT2D eigenvalue weighted by Gasteiger charge is -2.03. The van der Waals surface area contributed by atoms with Crippen LogP contribution in [0.15, 0.2) is 18.9 Å². The Balaban J connectivity index is 2.59. The maximum atomic E-state index is 4.01. The molecule has 0 N–H and O–H groups in total. The molecule has 0 fully saturated rings. The maximum absolute atomic E-state index is 4.01. The Morgan fingerprint density at radius 2 is 2.29 bits per heavy atom. The summed E-state index contributed by atoms with van der Waals surface area (Å²) in [5, 5.41) is 11.5. The quantitative estimate of drug-likeness (QED) is 0.511. The van der Waals surface area contributed by atoms with E-state index in [-0.39, 0.29) is 0 Å². The Morgan fingerprint density at radius 1 is 1.43 bits per heavy atom. The molecule has 0 aromatic carbocycles. The van der Waals surface area contributed by atoms with Crippen molar-refractivity contribution in [2.24, 2.45) is 0 Å². The highest BCUT2D eigenvalue weighted by Gasteiger charge is 2.02. The number of unbranched alkanes of at least 4 members (excludes halogenated alkanes) is 2. The minimum absolute atomic E-state index is 0.789. The topological polar surface area (TPSA) is 38.7 Å². The fourth-order valence-electron chi connectivity index (χ4n) is 1.40. The van der Waals surface area contributed by atoms with Crippen LogP contribution < -0.4 is 0 Å². The minimum Gasteiger partial charge on any atom is -0.138 e. The molecule has 0 aliphatic rings. The van der Waals surface area contributed by atoms with Crippen molar-refractivity contribution in [3.05, 3.63) is 30.1 Å². The van der Waals surface area contributed by atoms with Gasteiger partial charge in [-0.1, -0.05) is 25.8 Å². The number of hydrogen-bond donors (Lipinski definition) is 0. The molecule has 0 unspecified atom stereocenters. The summed E-state index contributed by atoms with van der Waals surface area (Å²) >= 11 is 0. The molecule has 0 saturated carbocycles. The van der Waals surface area contributed by atoms with Crippen LogP contribution in [0.25, 0.3) is 0 Å². The first-order valence-electron chi connectivity index (χ1n) is 5.15. The largest absolute Gasteiger partial charge is 0.138 e. The molecule has 0 amide bonds. The van der Waals surface area contributed by atoms with Crippen LogP contribution in [-0.2, 0) is 12.8 Å². The van der Waals surface area contributed by atoms with Crippen LogP contribution in [0.4, 0.5) is 0 Å². The summed E-state index contributed by atoms with van der Waals surface area (Å²) in [6.45, 7) is 5.91. The van der Waals surface area contributed by atoms with E-state index < -0.39 is 0 Å². The number of nitrogens with zero attached hydrogens (tertiary/aromatic N) is 3. The minimum atomic E-state index is 0.789. The zero-order valence-corrected chi connectivity index (χ0v) is 8.74. The highest BCUT2D eigenvalue weighted by molar-refractivity contribution is 5.16. The summed E-state index contributed by atoms with van der Waals surface area (Å²) < 4.78 is 0. The van der Waals surface area contributed by atoms with Crippen molar-refractivity contribution in [2.45, 2.75) is 39.0 Å². The van der Waals surface area contributed by atoms with Gasteiger partial charge in [-0.2, -0.15) is 0 Å².